The van der Waals surface area contributed by atoms with Crippen LogP contribution in [0.4, 0.5) is 0 Å². The zero-order chi connectivity index (χ0) is 40.8. The quantitative estimate of drug-likeness (QED) is 0.0268. The first-order valence-corrected chi connectivity index (χ1v) is 24.4. The Morgan fingerprint density at radius 3 is 0.944 bits per heavy atom. The van der Waals surface area contributed by atoms with Crippen LogP contribution in [0.5, 0.6) is 0 Å². The summed E-state index contributed by atoms with van der Waals surface area (Å²) >= 11 is -1.64. The average molecular weight is 791 g/mol. The van der Waals surface area contributed by atoms with Crippen LogP contribution in [0.3, 0.4) is 0 Å². The van der Waals surface area contributed by atoms with Crippen molar-refractivity contribution in [3.63, 3.8) is 0 Å². The molecule has 0 heterocycles. The Bertz CT molecular complexity index is 768. The molecule has 0 radical (unpaired) electrons. The molecule has 0 aliphatic carbocycles. The first-order chi connectivity index (χ1) is 26.2. The second-order valence-corrected chi connectivity index (χ2v) is 19.0. The zero-order valence-electron chi connectivity index (χ0n) is 36.7. The molecule has 0 saturated heterocycles. The summed E-state index contributed by atoms with van der Waals surface area (Å²) in [6.07, 6.45) is 25.0. The van der Waals surface area contributed by atoms with Crippen molar-refractivity contribution in [3.05, 3.63) is 0 Å². The van der Waals surface area contributed by atoms with E-state index in [1.807, 2.05) is 0 Å². The van der Waals surface area contributed by atoms with E-state index < -0.39 is 31.5 Å². The normalized spacial score (nSPS) is 18.4. The molecule has 0 bridgehead atoms. The second kappa shape index (κ2) is 32.0. The Labute approximate surface area is 338 Å². The molecule has 6 unspecified atom stereocenters. The van der Waals surface area contributed by atoms with E-state index in [9.17, 15) is 30.6 Å². The molecule has 8 heteroatoms. The fourth-order valence-corrected chi connectivity index (χ4v) is 14.8. The van der Waals surface area contributed by atoms with Crippen LogP contribution in [0.2, 0.25) is 0 Å². The lowest BCUT2D eigenvalue weighted by atomic mass is 9.57. The summed E-state index contributed by atoms with van der Waals surface area (Å²) in [6.45, 7) is 12.6. The molecule has 0 spiro atoms. The van der Waals surface area contributed by atoms with Crippen LogP contribution in [0.1, 0.15) is 221 Å². The van der Waals surface area contributed by atoms with Crippen molar-refractivity contribution in [2.24, 2.45) is 22.7 Å². The molecule has 0 aromatic rings. The molecule has 326 valence electrons. The summed E-state index contributed by atoms with van der Waals surface area (Å²) in [6, 6.07) is 0. The van der Waals surface area contributed by atoms with Gasteiger partial charge in [0, 0.05) is 63.3 Å². The SMILES string of the molecule is CCCCCCCCCC(CCO)C(CCC)(CCO)C(CC)(CCO)[S+]([O-])C(CC)(CCO)C(CCC)(CCO)C(CCO)CCCCCCCCC. The van der Waals surface area contributed by atoms with Gasteiger partial charge < -0.3 is 35.2 Å². The van der Waals surface area contributed by atoms with Crippen molar-refractivity contribution < 1.29 is 35.2 Å². The minimum absolute atomic E-state index is 0.00346. The van der Waals surface area contributed by atoms with Crippen molar-refractivity contribution >= 4 is 11.2 Å². The largest absolute Gasteiger partial charge is 0.615 e. The third-order valence-corrected chi connectivity index (χ3v) is 17.3. The Morgan fingerprint density at radius 2 is 0.685 bits per heavy atom. The van der Waals surface area contributed by atoms with Crippen LogP contribution in [0, 0.1) is 22.7 Å². The van der Waals surface area contributed by atoms with Crippen molar-refractivity contribution in [1.29, 1.82) is 0 Å². The number of hydrogen-bond donors (Lipinski definition) is 6. The van der Waals surface area contributed by atoms with Gasteiger partial charge in [0.15, 0.2) is 0 Å². The minimum Gasteiger partial charge on any atom is -0.615 e. The van der Waals surface area contributed by atoms with Crippen molar-refractivity contribution in [2.45, 2.75) is 231 Å². The Kier molecular flexibility index (Phi) is 32.0. The van der Waals surface area contributed by atoms with Gasteiger partial charge in [0.25, 0.3) is 0 Å². The van der Waals surface area contributed by atoms with Crippen LogP contribution in [-0.2, 0) is 11.2 Å². The van der Waals surface area contributed by atoms with Gasteiger partial charge in [-0.05, 0) is 87.2 Å². The predicted octanol–water partition coefficient (Wildman–Crippen LogP) is 10.4. The fourth-order valence-electron chi connectivity index (χ4n) is 11.5. The lowest BCUT2D eigenvalue weighted by molar-refractivity contribution is -0.00838. The van der Waals surface area contributed by atoms with Crippen molar-refractivity contribution in [2.75, 3.05) is 39.6 Å². The molecule has 6 N–H and O–H groups in total. The maximum atomic E-state index is 16.7. The van der Waals surface area contributed by atoms with E-state index in [0.29, 0.717) is 51.4 Å². The van der Waals surface area contributed by atoms with E-state index in [0.717, 1.165) is 64.2 Å². The smallest absolute Gasteiger partial charge is 0.134 e. The molecule has 0 rings (SSSR count). The molecule has 54 heavy (non-hydrogen) atoms. The summed E-state index contributed by atoms with van der Waals surface area (Å²) < 4.78 is 14.9. The number of unbranched alkanes of at least 4 members (excludes halogenated alkanes) is 12. The number of aliphatic hydroxyl groups excluding tert-OH is 6. The lowest BCUT2D eigenvalue weighted by Crippen LogP contribution is -2.68. The van der Waals surface area contributed by atoms with Crippen LogP contribution in [0.15, 0.2) is 0 Å². The molecule has 0 fully saturated rings. The van der Waals surface area contributed by atoms with E-state index in [-0.39, 0.29) is 51.5 Å². The molecule has 6 atom stereocenters. The van der Waals surface area contributed by atoms with Gasteiger partial charge in [-0.15, -0.1) is 0 Å². The highest BCUT2D eigenvalue weighted by Crippen LogP contribution is 2.64. The highest BCUT2D eigenvalue weighted by atomic mass is 32.2. The molecular weight excluding hydrogens is 697 g/mol. The predicted molar refractivity (Wildman–Crippen MR) is 231 cm³/mol. The van der Waals surface area contributed by atoms with Gasteiger partial charge >= 0.3 is 0 Å². The van der Waals surface area contributed by atoms with Gasteiger partial charge in [0.05, 0.1) is 0 Å². The van der Waals surface area contributed by atoms with Crippen LogP contribution < -0.4 is 0 Å². The van der Waals surface area contributed by atoms with Gasteiger partial charge in [0.2, 0.25) is 0 Å². The zero-order valence-corrected chi connectivity index (χ0v) is 37.5. The highest BCUT2D eigenvalue weighted by Gasteiger charge is 2.69. The van der Waals surface area contributed by atoms with Crippen molar-refractivity contribution in [1.82, 2.24) is 0 Å². The number of rotatable bonds is 40. The van der Waals surface area contributed by atoms with E-state index in [1.54, 1.807) is 0 Å². The van der Waals surface area contributed by atoms with E-state index in [2.05, 4.69) is 41.5 Å². The number of aliphatic hydroxyl groups is 6. The third kappa shape index (κ3) is 14.7. The summed E-state index contributed by atoms with van der Waals surface area (Å²) in [5.41, 5.74) is -1.25. The maximum absolute atomic E-state index is 16.7. The standard InChI is InChI=1S/C46H94O7S/c1-7-13-15-17-19-21-23-25-41(27-35-47)43(29-9-3,31-37-49)45(11-5,33-39-51)54(53)46(12-6,34-40-52)44(30-10-4,32-38-50)42(28-36-48)26-24-22-20-18-16-14-8-2/h41-42,47-52H,7-40H2,1-6H3. The Morgan fingerprint density at radius 1 is 0.370 bits per heavy atom. The summed E-state index contributed by atoms with van der Waals surface area (Å²) in [7, 11) is 0. The molecule has 0 amide bonds. The van der Waals surface area contributed by atoms with Crippen LogP contribution >= 0.6 is 0 Å². The lowest BCUT2D eigenvalue weighted by Gasteiger charge is -2.62. The summed E-state index contributed by atoms with van der Waals surface area (Å²) in [5.74, 6) is 0.00692. The highest BCUT2D eigenvalue weighted by molar-refractivity contribution is 7.94. The molecule has 0 saturated carbocycles. The van der Waals surface area contributed by atoms with E-state index in [4.69, 9.17) is 0 Å². The van der Waals surface area contributed by atoms with Crippen LogP contribution in [0.25, 0.3) is 0 Å². The summed E-state index contributed by atoms with van der Waals surface area (Å²) in [5, 5.41) is 65.2. The van der Waals surface area contributed by atoms with Gasteiger partial charge in [-0.2, -0.15) is 0 Å². The van der Waals surface area contributed by atoms with E-state index >= 15 is 4.55 Å². The number of hydrogen-bond acceptors (Lipinski definition) is 7. The second-order valence-electron chi connectivity index (χ2n) is 16.9. The Balaban J connectivity index is 7.71. The van der Waals surface area contributed by atoms with Gasteiger partial charge in [0.1, 0.15) is 9.49 Å². The third-order valence-electron chi connectivity index (χ3n) is 14.0. The maximum Gasteiger partial charge on any atom is 0.134 e. The molecular formula is C46H94O7S. The van der Waals surface area contributed by atoms with Gasteiger partial charge in [-0.3, -0.25) is 0 Å². The molecule has 0 aromatic heterocycles. The Hall–Kier alpha value is 0.0700. The molecule has 0 aromatic carbocycles. The van der Waals surface area contributed by atoms with Crippen molar-refractivity contribution in [3.8, 4) is 0 Å². The minimum atomic E-state index is -1.64. The topological polar surface area (TPSA) is 144 Å². The first kappa shape index (κ1) is 54.1. The summed E-state index contributed by atoms with van der Waals surface area (Å²) in [4.78, 5) is 0. The molecule has 7 nitrogen and oxygen atoms in total. The van der Waals surface area contributed by atoms with E-state index in [1.165, 1.54) is 64.2 Å². The molecule has 0 aliphatic heterocycles. The first-order valence-electron chi connectivity index (χ1n) is 23.3. The average Bonchev–Trinajstić information content (AvgIpc) is 3.17. The molecule has 0 aliphatic rings. The monoisotopic (exact) mass is 791 g/mol. The fraction of sp³-hybridized carbons (Fsp3) is 1.00. The van der Waals surface area contributed by atoms with Gasteiger partial charge in [-0.1, -0.05) is 144 Å². The van der Waals surface area contributed by atoms with Crippen LogP contribution in [-0.4, -0.2) is 84.3 Å². The van der Waals surface area contributed by atoms with Gasteiger partial charge in [-0.25, -0.2) is 0 Å².